The van der Waals surface area contributed by atoms with Gasteiger partial charge in [0.25, 0.3) is 0 Å². The lowest BCUT2D eigenvalue weighted by Gasteiger charge is -2.14. The smallest absolute Gasteiger partial charge is 0.244 e. The van der Waals surface area contributed by atoms with Crippen molar-refractivity contribution in [2.45, 2.75) is 23.4 Å². The third-order valence-electron chi connectivity index (χ3n) is 5.28. The molecule has 30 heavy (non-hydrogen) atoms. The normalized spacial score (nSPS) is 21.2. The molecule has 156 valence electrons. The molecule has 0 spiro atoms. The second kappa shape index (κ2) is 7.38. The summed E-state index contributed by atoms with van der Waals surface area (Å²) in [6.45, 7) is 0.738. The molecule has 0 bridgehead atoms. The number of nitrogens with one attached hydrogen (secondary N) is 1. The lowest BCUT2D eigenvalue weighted by atomic mass is 10.1. The second-order valence-corrected chi connectivity index (χ2v) is 9.06. The summed E-state index contributed by atoms with van der Waals surface area (Å²) >= 11 is 0. The van der Waals surface area contributed by atoms with Crippen molar-refractivity contribution < 1.29 is 22.4 Å². The average molecular weight is 428 g/mol. The molecule has 5 rings (SSSR count). The summed E-state index contributed by atoms with van der Waals surface area (Å²) in [6, 6.07) is 13.4. The van der Waals surface area contributed by atoms with Crippen LogP contribution in [0.25, 0.3) is 11.4 Å². The Hall–Kier alpha value is -2.95. The maximum absolute atomic E-state index is 12.6. The fraction of sp³-hybridized carbons (Fsp3) is 0.300. The van der Waals surface area contributed by atoms with Crippen LogP contribution >= 0.6 is 0 Å². The zero-order valence-electron chi connectivity index (χ0n) is 16.2. The fourth-order valence-corrected chi connectivity index (χ4v) is 5.05. The number of hydrogen-bond acceptors (Lipinski definition) is 8. The number of rotatable bonds is 5. The quantitative estimate of drug-likeness (QED) is 0.659. The molecule has 1 fully saturated rings. The fourth-order valence-electron chi connectivity index (χ4n) is 3.78. The van der Waals surface area contributed by atoms with Gasteiger partial charge in [-0.25, -0.2) is 13.1 Å². The Balaban J connectivity index is 1.31. The van der Waals surface area contributed by atoms with Crippen LogP contribution < -0.4 is 14.2 Å². The number of sulfonamides is 1. The molecule has 0 unspecified atom stereocenters. The van der Waals surface area contributed by atoms with Gasteiger partial charge in [0.15, 0.2) is 11.5 Å². The Kier molecular flexibility index (Phi) is 4.69. The largest absolute Gasteiger partial charge is 0.454 e. The lowest BCUT2D eigenvalue weighted by molar-refractivity contribution is 0.174. The van der Waals surface area contributed by atoms with Gasteiger partial charge in [-0.2, -0.15) is 4.98 Å². The van der Waals surface area contributed by atoms with Crippen LogP contribution in [0.5, 0.6) is 11.5 Å². The number of likely N-dealkylation sites (tertiary alicyclic amines) is 1. The van der Waals surface area contributed by atoms with Crippen molar-refractivity contribution in [3.63, 3.8) is 0 Å². The topological polar surface area (TPSA) is 107 Å². The molecule has 1 saturated heterocycles. The van der Waals surface area contributed by atoms with Gasteiger partial charge in [-0.15, -0.1) is 0 Å². The molecule has 10 heteroatoms. The number of fused-ring (bicyclic) bond motifs is 1. The maximum atomic E-state index is 12.6. The second-order valence-electron chi connectivity index (χ2n) is 7.35. The Labute approximate surface area is 173 Å². The van der Waals surface area contributed by atoms with E-state index >= 15 is 0 Å². The summed E-state index contributed by atoms with van der Waals surface area (Å²) in [7, 11) is -1.68. The highest BCUT2D eigenvalue weighted by molar-refractivity contribution is 7.89. The predicted octanol–water partition coefficient (Wildman–Crippen LogP) is 2.19. The standard InChI is InChI=1S/C20H20N4O5S/c1-24-11-14(23-30(25,26)15-5-3-2-4-6-15)10-16(24)20-21-19(22-29-20)13-7-8-17-18(9-13)28-12-27-17/h2-9,14,16,23H,10-12H2,1H3/t14-,16-/m0/s1. The highest BCUT2D eigenvalue weighted by Crippen LogP contribution is 2.36. The van der Waals surface area contributed by atoms with Crippen molar-refractivity contribution >= 4 is 10.0 Å². The van der Waals surface area contributed by atoms with Gasteiger partial charge in [0.05, 0.1) is 10.9 Å². The van der Waals surface area contributed by atoms with Crippen LogP contribution in [0.2, 0.25) is 0 Å². The number of likely N-dealkylation sites (N-methyl/N-ethyl adjacent to an activating group) is 1. The number of ether oxygens (including phenoxy) is 2. The van der Waals surface area contributed by atoms with Crippen molar-refractivity contribution in [3.05, 3.63) is 54.4 Å². The van der Waals surface area contributed by atoms with Gasteiger partial charge in [0.2, 0.25) is 28.5 Å². The molecule has 1 aromatic heterocycles. The van der Waals surface area contributed by atoms with E-state index in [2.05, 4.69) is 14.9 Å². The van der Waals surface area contributed by atoms with Crippen LogP contribution in [0.3, 0.4) is 0 Å². The van der Waals surface area contributed by atoms with E-state index in [-0.39, 0.29) is 23.8 Å². The van der Waals surface area contributed by atoms with Crippen molar-refractivity contribution in [1.82, 2.24) is 19.8 Å². The third kappa shape index (κ3) is 3.53. The van der Waals surface area contributed by atoms with Gasteiger partial charge in [-0.1, -0.05) is 23.4 Å². The molecule has 2 atom stereocenters. The van der Waals surface area contributed by atoms with Crippen LogP contribution in [0.15, 0.2) is 57.9 Å². The van der Waals surface area contributed by atoms with Gasteiger partial charge in [-0.05, 0) is 43.8 Å². The van der Waals surface area contributed by atoms with Crippen LogP contribution in [-0.4, -0.2) is 49.9 Å². The van der Waals surface area contributed by atoms with E-state index in [1.54, 1.807) is 30.3 Å². The van der Waals surface area contributed by atoms with Gasteiger partial charge in [0, 0.05) is 18.2 Å². The van der Waals surface area contributed by atoms with E-state index in [0.29, 0.717) is 36.2 Å². The van der Waals surface area contributed by atoms with E-state index in [4.69, 9.17) is 14.0 Å². The van der Waals surface area contributed by atoms with Crippen LogP contribution in [0.1, 0.15) is 18.4 Å². The maximum Gasteiger partial charge on any atom is 0.244 e. The molecule has 0 radical (unpaired) electrons. The first-order valence-electron chi connectivity index (χ1n) is 9.51. The van der Waals surface area contributed by atoms with E-state index in [0.717, 1.165) is 5.56 Å². The summed E-state index contributed by atoms with van der Waals surface area (Å²) in [5.74, 6) is 2.23. The summed E-state index contributed by atoms with van der Waals surface area (Å²) in [6.07, 6.45) is 0.533. The Bertz CT molecular complexity index is 1160. The van der Waals surface area contributed by atoms with Crippen molar-refractivity contribution in [2.24, 2.45) is 0 Å². The first kappa shape index (κ1) is 19.0. The predicted molar refractivity (Wildman–Crippen MR) is 106 cm³/mol. The number of nitrogens with zero attached hydrogens (tertiary/aromatic N) is 3. The van der Waals surface area contributed by atoms with E-state index in [1.165, 1.54) is 0 Å². The van der Waals surface area contributed by atoms with Crippen LogP contribution in [0.4, 0.5) is 0 Å². The van der Waals surface area contributed by atoms with E-state index in [9.17, 15) is 8.42 Å². The number of hydrogen-bond donors (Lipinski definition) is 1. The van der Waals surface area contributed by atoms with Crippen molar-refractivity contribution in [3.8, 4) is 22.9 Å². The highest BCUT2D eigenvalue weighted by atomic mass is 32.2. The third-order valence-corrected chi connectivity index (χ3v) is 6.82. The zero-order valence-corrected chi connectivity index (χ0v) is 17.0. The van der Waals surface area contributed by atoms with Crippen molar-refractivity contribution in [2.75, 3.05) is 20.4 Å². The molecule has 2 aromatic carbocycles. The summed E-state index contributed by atoms with van der Waals surface area (Å²) < 4.78 is 44.2. The summed E-state index contributed by atoms with van der Waals surface area (Å²) in [5.41, 5.74) is 0.760. The monoisotopic (exact) mass is 428 g/mol. The average Bonchev–Trinajstić information content (AvgIpc) is 3.47. The molecule has 1 N–H and O–H groups in total. The molecule has 0 aliphatic carbocycles. The molecular weight excluding hydrogens is 408 g/mol. The highest BCUT2D eigenvalue weighted by Gasteiger charge is 2.36. The van der Waals surface area contributed by atoms with Crippen LogP contribution in [-0.2, 0) is 10.0 Å². The molecule has 0 saturated carbocycles. The minimum atomic E-state index is -3.59. The van der Waals surface area contributed by atoms with Crippen LogP contribution in [0, 0.1) is 0 Å². The van der Waals surface area contributed by atoms with E-state index < -0.39 is 10.0 Å². The Morgan fingerprint density at radius 2 is 1.90 bits per heavy atom. The number of benzene rings is 2. The first-order chi connectivity index (χ1) is 14.5. The first-order valence-corrected chi connectivity index (χ1v) is 11.0. The molecule has 0 amide bonds. The molecule has 3 aromatic rings. The minimum absolute atomic E-state index is 0.177. The van der Waals surface area contributed by atoms with Gasteiger partial charge >= 0.3 is 0 Å². The zero-order chi connectivity index (χ0) is 20.7. The summed E-state index contributed by atoms with van der Waals surface area (Å²) in [4.78, 5) is 6.79. The van der Waals surface area contributed by atoms with Gasteiger partial charge in [-0.3, -0.25) is 4.90 Å². The van der Waals surface area contributed by atoms with Gasteiger partial charge < -0.3 is 14.0 Å². The van der Waals surface area contributed by atoms with Crippen molar-refractivity contribution in [1.29, 1.82) is 0 Å². The molecule has 9 nitrogen and oxygen atoms in total. The SMILES string of the molecule is CN1C[C@@H](NS(=O)(=O)c2ccccc2)C[C@H]1c1nc(-c2ccc3c(c2)OCO3)no1. The summed E-state index contributed by atoms with van der Waals surface area (Å²) in [5, 5.41) is 4.09. The molecule has 2 aliphatic heterocycles. The van der Waals surface area contributed by atoms with Gasteiger partial charge in [0.1, 0.15) is 0 Å². The Morgan fingerprint density at radius 3 is 2.73 bits per heavy atom. The molecular formula is C20H20N4O5S. The lowest BCUT2D eigenvalue weighted by Crippen LogP contribution is -2.36. The molecule has 3 heterocycles. The Morgan fingerprint density at radius 1 is 1.10 bits per heavy atom. The minimum Gasteiger partial charge on any atom is -0.454 e. The van der Waals surface area contributed by atoms with E-state index in [1.807, 2.05) is 30.1 Å². The number of aromatic nitrogens is 2. The molecule has 2 aliphatic rings.